The van der Waals surface area contributed by atoms with Gasteiger partial charge in [0.15, 0.2) is 6.10 Å². The highest BCUT2D eigenvalue weighted by Gasteiger charge is 2.31. The highest BCUT2D eigenvalue weighted by molar-refractivity contribution is 5.97. The van der Waals surface area contributed by atoms with E-state index in [0.29, 0.717) is 6.20 Å². The lowest BCUT2D eigenvalue weighted by atomic mass is 10.1. The summed E-state index contributed by atoms with van der Waals surface area (Å²) in [7, 11) is 0. The molecule has 174 valence electrons. The summed E-state index contributed by atoms with van der Waals surface area (Å²) in [5.74, 6) is -2.09. The van der Waals surface area contributed by atoms with Gasteiger partial charge < -0.3 is 15.1 Å². The van der Waals surface area contributed by atoms with Gasteiger partial charge in [0.1, 0.15) is 11.6 Å². The quantitative estimate of drug-likeness (QED) is 0.513. The molecule has 1 atom stereocenters. The van der Waals surface area contributed by atoms with Crippen molar-refractivity contribution in [1.29, 1.82) is 0 Å². The van der Waals surface area contributed by atoms with Crippen LogP contribution in [0.25, 0.3) is 0 Å². The van der Waals surface area contributed by atoms with Crippen molar-refractivity contribution >= 4 is 11.6 Å². The molecule has 2 N–H and O–H groups in total. The summed E-state index contributed by atoms with van der Waals surface area (Å²) in [6, 6.07) is 10.2. The van der Waals surface area contributed by atoms with Crippen LogP contribution in [0.3, 0.4) is 0 Å². The van der Waals surface area contributed by atoms with Crippen LogP contribution < -0.4 is 4.90 Å². The SMILES string of the molecule is O=C(C(O)c1ccc(F)cc1)N(CCc1ccc(C(F)(F)F)cn1)c1ccc(F)c(CO)c1. The molecule has 1 amide bonds. The molecular formula is C23H19F5N2O3. The highest BCUT2D eigenvalue weighted by Crippen LogP contribution is 2.29. The lowest BCUT2D eigenvalue weighted by molar-refractivity contribution is -0.137. The fraction of sp³-hybridized carbons (Fsp3) is 0.217. The summed E-state index contributed by atoms with van der Waals surface area (Å²) in [5, 5.41) is 19.9. The Balaban J connectivity index is 1.88. The van der Waals surface area contributed by atoms with Gasteiger partial charge in [-0.15, -0.1) is 0 Å². The average molecular weight is 466 g/mol. The molecule has 0 fully saturated rings. The molecule has 1 heterocycles. The first-order valence-corrected chi connectivity index (χ1v) is 9.76. The maximum absolute atomic E-state index is 13.8. The van der Waals surface area contributed by atoms with E-state index in [-0.39, 0.29) is 35.5 Å². The van der Waals surface area contributed by atoms with Gasteiger partial charge >= 0.3 is 6.18 Å². The van der Waals surface area contributed by atoms with Gasteiger partial charge in [-0.05, 0) is 48.0 Å². The lowest BCUT2D eigenvalue weighted by Crippen LogP contribution is -2.37. The summed E-state index contributed by atoms with van der Waals surface area (Å²) in [6.07, 6.45) is -5.53. The monoisotopic (exact) mass is 466 g/mol. The third-order valence-corrected chi connectivity index (χ3v) is 4.94. The Morgan fingerprint density at radius 1 is 1.03 bits per heavy atom. The number of pyridine rings is 1. The Kier molecular flexibility index (Phi) is 7.39. The van der Waals surface area contributed by atoms with Crippen molar-refractivity contribution in [2.75, 3.05) is 11.4 Å². The zero-order chi connectivity index (χ0) is 24.2. The van der Waals surface area contributed by atoms with E-state index in [1.165, 1.54) is 30.3 Å². The predicted octanol–water partition coefficient (Wildman–Crippen LogP) is 4.18. The molecule has 1 unspecified atom stereocenters. The number of anilines is 1. The number of amides is 1. The maximum Gasteiger partial charge on any atom is 0.417 e. The molecule has 0 spiro atoms. The van der Waals surface area contributed by atoms with Crippen molar-refractivity contribution in [3.05, 3.63) is 94.8 Å². The van der Waals surface area contributed by atoms with Crippen LogP contribution in [0.15, 0.2) is 60.8 Å². The smallest absolute Gasteiger partial charge is 0.392 e. The highest BCUT2D eigenvalue weighted by atomic mass is 19.4. The van der Waals surface area contributed by atoms with Crippen LogP contribution in [-0.2, 0) is 24.0 Å². The van der Waals surface area contributed by atoms with Gasteiger partial charge in [0.2, 0.25) is 0 Å². The van der Waals surface area contributed by atoms with E-state index in [4.69, 9.17) is 0 Å². The van der Waals surface area contributed by atoms with Crippen molar-refractivity contribution in [1.82, 2.24) is 4.98 Å². The van der Waals surface area contributed by atoms with Crippen LogP contribution in [0.2, 0.25) is 0 Å². The Morgan fingerprint density at radius 3 is 2.30 bits per heavy atom. The number of rotatable bonds is 7. The molecule has 0 bridgehead atoms. The molecule has 3 rings (SSSR count). The normalized spacial score (nSPS) is 12.5. The lowest BCUT2D eigenvalue weighted by Gasteiger charge is -2.26. The third-order valence-electron chi connectivity index (χ3n) is 4.94. The summed E-state index contributed by atoms with van der Waals surface area (Å²) < 4.78 is 65.3. The minimum absolute atomic E-state index is 0.0197. The molecule has 3 aromatic rings. The molecule has 1 aromatic heterocycles. The molecule has 0 aliphatic carbocycles. The molecule has 33 heavy (non-hydrogen) atoms. The molecule has 10 heteroatoms. The van der Waals surface area contributed by atoms with E-state index >= 15 is 0 Å². The molecule has 0 aliphatic heterocycles. The molecule has 0 radical (unpaired) electrons. The van der Waals surface area contributed by atoms with E-state index < -0.39 is 42.0 Å². The number of carbonyl (C=O) groups excluding carboxylic acids is 1. The van der Waals surface area contributed by atoms with Crippen LogP contribution in [0.1, 0.15) is 28.5 Å². The number of hydrogen-bond donors (Lipinski definition) is 2. The van der Waals surface area contributed by atoms with Crippen molar-refractivity contribution in [3.63, 3.8) is 0 Å². The van der Waals surface area contributed by atoms with E-state index in [1.807, 2.05) is 0 Å². The largest absolute Gasteiger partial charge is 0.417 e. The zero-order valence-electron chi connectivity index (χ0n) is 17.1. The average Bonchev–Trinajstić information content (AvgIpc) is 2.79. The van der Waals surface area contributed by atoms with E-state index in [0.717, 1.165) is 29.2 Å². The number of alkyl halides is 3. The van der Waals surface area contributed by atoms with Crippen molar-refractivity contribution < 1.29 is 37.0 Å². The second-order valence-electron chi connectivity index (χ2n) is 7.16. The summed E-state index contributed by atoms with van der Waals surface area (Å²) >= 11 is 0. The van der Waals surface area contributed by atoms with Crippen molar-refractivity contribution in [2.45, 2.75) is 25.3 Å². The summed E-state index contributed by atoms with van der Waals surface area (Å²) in [4.78, 5) is 17.9. The minimum atomic E-state index is -4.54. The van der Waals surface area contributed by atoms with Gasteiger partial charge in [-0.3, -0.25) is 9.78 Å². The summed E-state index contributed by atoms with van der Waals surface area (Å²) in [5.41, 5.74) is -0.491. The van der Waals surface area contributed by atoms with Crippen LogP contribution in [-0.4, -0.2) is 27.6 Å². The van der Waals surface area contributed by atoms with Gasteiger partial charge in [0.05, 0.1) is 12.2 Å². The minimum Gasteiger partial charge on any atom is -0.392 e. The first-order chi connectivity index (χ1) is 15.6. The van der Waals surface area contributed by atoms with Crippen molar-refractivity contribution in [3.8, 4) is 0 Å². The van der Waals surface area contributed by atoms with Crippen LogP contribution in [0.5, 0.6) is 0 Å². The van der Waals surface area contributed by atoms with Gasteiger partial charge in [-0.2, -0.15) is 13.2 Å². The number of hydrogen-bond acceptors (Lipinski definition) is 4. The standard InChI is InChI=1S/C23H19F5N2O3/c24-17-4-1-14(2-5-17)21(32)22(33)30(19-7-8-20(25)15(11-19)13-31)10-9-18-6-3-16(12-29-18)23(26,27)28/h1-8,11-12,21,31-32H,9-10,13H2. The Hall–Kier alpha value is -3.37. The number of halogens is 5. The molecule has 0 saturated carbocycles. The van der Waals surface area contributed by atoms with Gasteiger partial charge in [0, 0.05) is 36.1 Å². The fourth-order valence-corrected chi connectivity index (χ4v) is 3.12. The second kappa shape index (κ2) is 10.1. The molecular weight excluding hydrogens is 447 g/mol. The number of carbonyl (C=O) groups is 1. The second-order valence-corrected chi connectivity index (χ2v) is 7.16. The summed E-state index contributed by atoms with van der Waals surface area (Å²) in [6.45, 7) is -0.755. The van der Waals surface area contributed by atoms with E-state index in [2.05, 4.69) is 4.98 Å². The number of aliphatic hydroxyl groups excluding tert-OH is 2. The van der Waals surface area contributed by atoms with Gasteiger partial charge in [-0.1, -0.05) is 12.1 Å². The number of nitrogens with zero attached hydrogens (tertiary/aromatic N) is 2. The van der Waals surface area contributed by atoms with Gasteiger partial charge in [0.25, 0.3) is 5.91 Å². The third kappa shape index (κ3) is 5.91. The first kappa shape index (κ1) is 24.3. The first-order valence-electron chi connectivity index (χ1n) is 9.76. The van der Waals surface area contributed by atoms with Gasteiger partial charge in [-0.25, -0.2) is 8.78 Å². The Bertz CT molecular complexity index is 1100. The van der Waals surface area contributed by atoms with E-state index in [1.54, 1.807) is 0 Å². The predicted molar refractivity (Wildman–Crippen MR) is 109 cm³/mol. The van der Waals surface area contributed by atoms with E-state index in [9.17, 15) is 37.0 Å². The number of aliphatic hydroxyl groups is 2. The number of aromatic nitrogens is 1. The molecule has 2 aromatic carbocycles. The zero-order valence-corrected chi connectivity index (χ0v) is 17.1. The Labute approximate surface area is 185 Å². The number of benzene rings is 2. The van der Waals surface area contributed by atoms with Crippen LogP contribution in [0.4, 0.5) is 27.6 Å². The topological polar surface area (TPSA) is 73.7 Å². The Morgan fingerprint density at radius 2 is 1.73 bits per heavy atom. The fourth-order valence-electron chi connectivity index (χ4n) is 3.12. The molecule has 0 saturated heterocycles. The maximum atomic E-state index is 13.8. The van der Waals surface area contributed by atoms with Crippen LogP contribution in [0, 0.1) is 11.6 Å². The molecule has 5 nitrogen and oxygen atoms in total. The van der Waals surface area contributed by atoms with Crippen LogP contribution >= 0.6 is 0 Å². The molecule has 0 aliphatic rings. The van der Waals surface area contributed by atoms with Crippen molar-refractivity contribution in [2.24, 2.45) is 0 Å².